The second kappa shape index (κ2) is 13.8. The van der Waals surface area contributed by atoms with Crippen molar-refractivity contribution in [2.45, 2.75) is 0 Å². The van der Waals surface area contributed by atoms with Crippen LogP contribution in [0.5, 0.6) is 0 Å². The molecule has 0 aliphatic carbocycles. The number of para-hydroxylation sites is 1. The van der Waals surface area contributed by atoms with E-state index in [2.05, 4.69) is 140 Å². The maximum Gasteiger partial charge on any atom is 0.171 e. The van der Waals surface area contributed by atoms with Crippen molar-refractivity contribution < 1.29 is 4.57 Å². The van der Waals surface area contributed by atoms with Gasteiger partial charge in [-0.25, -0.2) is 9.97 Å². The number of rotatable bonds is 6. The average molecular weight is 759 g/mol. The zero-order valence-electron chi connectivity index (χ0n) is 31.5. The van der Waals surface area contributed by atoms with Crippen LogP contribution < -0.4 is 15.9 Å². The van der Waals surface area contributed by atoms with Crippen molar-refractivity contribution in [3.8, 4) is 33.5 Å². The van der Waals surface area contributed by atoms with Gasteiger partial charge in [0.05, 0.1) is 22.2 Å². The van der Waals surface area contributed by atoms with E-state index in [9.17, 15) is 4.57 Å². The summed E-state index contributed by atoms with van der Waals surface area (Å²) in [4.78, 5) is 10.5. The van der Waals surface area contributed by atoms with Gasteiger partial charge in [0.1, 0.15) is 0 Å². The lowest BCUT2D eigenvalue weighted by molar-refractivity contribution is 0.592. The highest BCUT2D eigenvalue weighted by atomic mass is 31.2. The number of benzene rings is 9. The molecule has 0 fully saturated rings. The third-order valence-electron chi connectivity index (χ3n) is 11.5. The molecule has 58 heavy (non-hydrogen) atoms. The zero-order chi connectivity index (χ0) is 38.6. The van der Waals surface area contributed by atoms with E-state index in [1.54, 1.807) is 0 Å². The summed E-state index contributed by atoms with van der Waals surface area (Å²) in [7, 11) is -3.03. The molecule has 0 amide bonds. The molecule has 3 nitrogen and oxygen atoms in total. The molecular weight excluding hydrogens is 724 g/mol. The van der Waals surface area contributed by atoms with E-state index < -0.39 is 7.14 Å². The Kier molecular flexibility index (Phi) is 8.10. The van der Waals surface area contributed by atoms with Crippen LogP contribution in [0, 0.1) is 0 Å². The minimum atomic E-state index is -3.03. The van der Waals surface area contributed by atoms with Gasteiger partial charge in [-0.1, -0.05) is 176 Å². The first-order chi connectivity index (χ1) is 28.6. The fraction of sp³-hybridized carbons (Fsp3) is 0. The van der Waals surface area contributed by atoms with E-state index in [0.717, 1.165) is 76.4 Å². The molecule has 272 valence electrons. The minimum absolute atomic E-state index is 0.826. The number of aromatic nitrogens is 2. The van der Waals surface area contributed by atoms with E-state index >= 15 is 0 Å². The monoisotopic (exact) mass is 758 g/mol. The maximum atomic E-state index is 14.9. The van der Waals surface area contributed by atoms with Crippen molar-refractivity contribution in [2.24, 2.45) is 0 Å². The standard InChI is InChI=1S/C54H35N2OP/c57-58(45-14-6-2-7-15-45,46-16-8-3-9-17-46)47-28-24-36(25-29-47)39-20-21-40-34-44-35-42(23-22-41(44)33-43(40)32-39)50-31-27-38-26-30-49-52(37-12-4-1-5-13-37)48-18-10-11-19-51(48)56-54(49)53(38)55-50/h1-35H. The van der Waals surface area contributed by atoms with Crippen LogP contribution in [0.25, 0.3) is 87.8 Å². The van der Waals surface area contributed by atoms with Gasteiger partial charge in [-0.3, -0.25) is 0 Å². The van der Waals surface area contributed by atoms with Crippen LogP contribution in [-0.4, -0.2) is 9.97 Å². The van der Waals surface area contributed by atoms with Gasteiger partial charge in [-0.2, -0.15) is 0 Å². The molecule has 0 saturated heterocycles. The lowest BCUT2D eigenvalue weighted by Gasteiger charge is -2.20. The largest absolute Gasteiger partial charge is 0.309 e. The Labute approximate surface area is 336 Å². The summed E-state index contributed by atoms with van der Waals surface area (Å²) in [5.41, 5.74) is 9.32. The fourth-order valence-corrected chi connectivity index (χ4v) is 11.2. The summed E-state index contributed by atoms with van der Waals surface area (Å²) >= 11 is 0. The van der Waals surface area contributed by atoms with E-state index in [-0.39, 0.29) is 0 Å². The highest BCUT2D eigenvalue weighted by molar-refractivity contribution is 7.85. The maximum absolute atomic E-state index is 14.9. The van der Waals surface area contributed by atoms with E-state index in [0.29, 0.717) is 0 Å². The lowest BCUT2D eigenvalue weighted by atomic mass is 9.95. The molecule has 2 heterocycles. The van der Waals surface area contributed by atoms with Crippen LogP contribution >= 0.6 is 7.14 Å². The molecular formula is C54H35N2OP. The normalized spacial score (nSPS) is 11.9. The Morgan fingerprint density at radius 1 is 0.328 bits per heavy atom. The third kappa shape index (κ3) is 5.71. The Morgan fingerprint density at radius 2 is 0.862 bits per heavy atom. The number of fused-ring (bicyclic) bond motifs is 6. The Bertz CT molecular complexity index is 3360. The van der Waals surface area contributed by atoms with Crippen LogP contribution in [0.4, 0.5) is 0 Å². The summed E-state index contributed by atoms with van der Waals surface area (Å²) in [6, 6.07) is 73.3. The number of hydrogen-bond acceptors (Lipinski definition) is 3. The predicted molar refractivity (Wildman–Crippen MR) is 245 cm³/mol. The van der Waals surface area contributed by atoms with Crippen molar-refractivity contribution in [1.82, 2.24) is 9.97 Å². The molecule has 4 heteroatoms. The van der Waals surface area contributed by atoms with E-state index in [1.807, 2.05) is 72.8 Å². The minimum Gasteiger partial charge on any atom is -0.309 e. The first kappa shape index (κ1) is 34.1. The molecule has 0 N–H and O–H groups in total. The van der Waals surface area contributed by atoms with Gasteiger partial charge in [0.15, 0.2) is 7.14 Å². The molecule has 0 unspecified atom stereocenters. The molecule has 9 aromatic carbocycles. The quantitative estimate of drug-likeness (QED) is 0.0963. The van der Waals surface area contributed by atoms with Gasteiger partial charge in [-0.05, 0) is 74.6 Å². The second-order valence-electron chi connectivity index (χ2n) is 14.9. The molecule has 0 spiro atoms. The fourth-order valence-electron chi connectivity index (χ4n) is 8.54. The molecule has 2 aromatic heterocycles. The van der Waals surface area contributed by atoms with E-state index in [4.69, 9.17) is 9.97 Å². The Hall–Kier alpha value is -7.19. The van der Waals surface area contributed by atoms with Gasteiger partial charge >= 0.3 is 0 Å². The lowest BCUT2D eigenvalue weighted by Crippen LogP contribution is -2.24. The van der Waals surface area contributed by atoms with Gasteiger partial charge in [-0.15, -0.1) is 0 Å². The molecule has 0 aliphatic rings. The Balaban J connectivity index is 0.954. The molecule has 0 atom stereocenters. The van der Waals surface area contributed by atoms with Crippen LogP contribution in [0.3, 0.4) is 0 Å². The summed E-state index contributed by atoms with van der Waals surface area (Å²) in [6.45, 7) is 0. The summed E-state index contributed by atoms with van der Waals surface area (Å²) in [5.74, 6) is 0. The van der Waals surface area contributed by atoms with Crippen LogP contribution in [-0.2, 0) is 4.57 Å². The topological polar surface area (TPSA) is 42.9 Å². The molecule has 0 aliphatic heterocycles. The van der Waals surface area contributed by atoms with Crippen molar-refractivity contribution >= 4 is 77.3 Å². The molecule has 11 rings (SSSR count). The molecule has 0 saturated carbocycles. The molecule has 11 aromatic rings. The van der Waals surface area contributed by atoms with Gasteiger partial charge in [0, 0.05) is 43.2 Å². The van der Waals surface area contributed by atoms with Crippen molar-refractivity contribution in [2.75, 3.05) is 0 Å². The van der Waals surface area contributed by atoms with Gasteiger partial charge < -0.3 is 4.57 Å². The Morgan fingerprint density at radius 3 is 1.55 bits per heavy atom. The highest BCUT2D eigenvalue weighted by Crippen LogP contribution is 2.43. The van der Waals surface area contributed by atoms with Crippen molar-refractivity contribution in [3.05, 3.63) is 212 Å². The van der Waals surface area contributed by atoms with Crippen LogP contribution in [0.1, 0.15) is 0 Å². The smallest absolute Gasteiger partial charge is 0.171 e. The predicted octanol–water partition coefficient (Wildman–Crippen LogP) is 12.9. The van der Waals surface area contributed by atoms with Crippen LogP contribution in [0.2, 0.25) is 0 Å². The second-order valence-corrected chi connectivity index (χ2v) is 17.7. The highest BCUT2D eigenvalue weighted by Gasteiger charge is 2.29. The third-order valence-corrected chi connectivity index (χ3v) is 14.5. The SMILES string of the molecule is O=P(c1ccccc1)(c1ccccc1)c1ccc(-c2ccc3cc4cc(-c5ccc6ccc7c(-c8ccccc8)c8ccccc8nc7c6n5)ccc4cc3c2)cc1. The van der Waals surface area contributed by atoms with E-state index in [1.165, 1.54) is 27.3 Å². The van der Waals surface area contributed by atoms with Gasteiger partial charge in [0.25, 0.3) is 0 Å². The number of nitrogens with zero attached hydrogens (tertiary/aromatic N) is 2. The van der Waals surface area contributed by atoms with Gasteiger partial charge in [0.2, 0.25) is 0 Å². The first-order valence-corrected chi connectivity index (χ1v) is 21.3. The first-order valence-electron chi connectivity index (χ1n) is 19.6. The number of hydrogen-bond donors (Lipinski definition) is 0. The summed E-state index contributed by atoms with van der Waals surface area (Å²) < 4.78 is 14.9. The zero-order valence-corrected chi connectivity index (χ0v) is 32.4. The van der Waals surface area contributed by atoms with Crippen molar-refractivity contribution in [3.63, 3.8) is 0 Å². The van der Waals surface area contributed by atoms with Crippen LogP contribution in [0.15, 0.2) is 212 Å². The summed E-state index contributed by atoms with van der Waals surface area (Å²) in [5, 5.41) is 10.5. The molecule has 0 bridgehead atoms. The summed E-state index contributed by atoms with van der Waals surface area (Å²) in [6.07, 6.45) is 0. The molecule has 0 radical (unpaired) electrons. The average Bonchev–Trinajstić information content (AvgIpc) is 3.30. The number of pyridine rings is 2. The van der Waals surface area contributed by atoms with Crippen molar-refractivity contribution in [1.29, 1.82) is 0 Å².